The molecule has 106 valence electrons. The van der Waals surface area contributed by atoms with Gasteiger partial charge >= 0.3 is 0 Å². The second-order valence-corrected chi connectivity index (χ2v) is 7.70. The first-order chi connectivity index (χ1) is 9.26. The summed E-state index contributed by atoms with van der Waals surface area (Å²) >= 11 is 3.52. The Morgan fingerprint density at radius 1 is 1.20 bits per heavy atom. The van der Waals surface area contributed by atoms with Gasteiger partial charge in [-0.2, -0.15) is 5.10 Å². The quantitative estimate of drug-likeness (QED) is 0.845. The van der Waals surface area contributed by atoms with Gasteiger partial charge < -0.3 is 5.73 Å². The molecule has 1 aromatic carbocycles. The molecule has 1 saturated carbocycles. The summed E-state index contributed by atoms with van der Waals surface area (Å²) in [5.41, 5.74) is 9.95. The number of nitrogens with two attached hydrogens (primary N) is 1. The average Bonchev–Trinajstić information content (AvgIpc) is 2.64. The molecule has 1 aliphatic rings. The van der Waals surface area contributed by atoms with Gasteiger partial charge in [-0.1, -0.05) is 55.8 Å². The van der Waals surface area contributed by atoms with E-state index < -0.39 is 0 Å². The van der Waals surface area contributed by atoms with E-state index in [2.05, 4.69) is 66.0 Å². The van der Waals surface area contributed by atoms with E-state index in [1.807, 2.05) is 12.1 Å². The number of hydrogen-bond donors (Lipinski definition) is 2. The number of nitrogen functional groups attached to an aromatic ring is 1. The lowest BCUT2D eigenvalue weighted by atomic mass is 9.99. The molecular formula is C16H20BrN3. The topological polar surface area (TPSA) is 54.7 Å². The van der Waals surface area contributed by atoms with Gasteiger partial charge in [0.25, 0.3) is 0 Å². The van der Waals surface area contributed by atoms with Crippen molar-refractivity contribution in [2.45, 2.75) is 33.6 Å². The Kier molecular flexibility index (Phi) is 2.81. The van der Waals surface area contributed by atoms with Gasteiger partial charge in [-0.05, 0) is 28.5 Å². The van der Waals surface area contributed by atoms with Gasteiger partial charge in [-0.25, -0.2) is 0 Å². The Hall–Kier alpha value is -1.29. The van der Waals surface area contributed by atoms with E-state index in [1.54, 1.807) is 0 Å². The van der Waals surface area contributed by atoms with Crippen molar-refractivity contribution in [1.29, 1.82) is 0 Å². The zero-order valence-corrected chi connectivity index (χ0v) is 13.9. The smallest absolute Gasteiger partial charge is 0.153 e. The second kappa shape index (κ2) is 4.10. The van der Waals surface area contributed by atoms with Crippen LogP contribution in [0.25, 0.3) is 11.1 Å². The first-order valence-corrected chi connectivity index (χ1v) is 7.66. The molecule has 0 amide bonds. The molecule has 1 heterocycles. The Balaban J connectivity index is 2.13. The fourth-order valence-electron chi connectivity index (χ4n) is 3.44. The van der Waals surface area contributed by atoms with Crippen LogP contribution >= 0.6 is 15.9 Å². The van der Waals surface area contributed by atoms with Crippen molar-refractivity contribution in [2.75, 3.05) is 5.73 Å². The van der Waals surface area contributed by atoms with Crippen molar-refractivity contribution in [3.63, 3.8) is 0 Å². The zero-order valence-electron chi connectivity index (χ0n) is 12.3. The number of nitrogens with one attached hydrogen (secondary N) is 1. The van der Waals surface area contributed by atoms with Crippen LogP contribution in [0.4, 0.5) is 5.82 Å². The summed E-state index contributed by atoms with van der Waals surface area (Å²) in [5.74, 6) is 1.03. The van der Waals surface area contributed by atoms with Gasteiger partial charge in [0.2, 0.25) is 0 Å². The lowest BCUT2D eigenvalue weighted by molar-refractivity contribution is 0.457. The van der Waals surface area contributed by atoms with Crippen LogP contribution in [-0.4, -0.2) is 10.2 Å². The summed E-state index contributed by atoms with van der Waals surface area (Å²) in [4.78, 5) is 0. The van der Waals surface area contributed by atoms with Crippen LogP contribution < -0.4 is 5.73 Å². The summed E-state index contributed by atoms with van der Waals surface area (Å²) in [5, 5.41) is 7.43. The maximum absolute atomic E-state index is 6.11. The molecule has 0 radical (unpaired) electrons. The summed E-state index contributed by atoms with van der Waals surface area (Å²) < 4.78 is 1.05. The van der Waals surface area contributed by atoms with Crippen LogP contribution in [0.1, 0.15) is 39.3 Å². The Bertz CT molecular complexity index is 656. The summed E-state index contributed by atoms with van der Waals surface area (Å²) in [6.07, 6.45) is 0. The number of H-pyrrole nitrogens is 1. The first kappa shape index (κ1) is 13.7. The van der Waals surface area contributed by atoms with E-state index in [1.165, 1.54) is 0 Å². The van der Waals surface area contributed by atoms with E-state index in [9.17, 15) is 0 Å². The molecule has 0 bridgehead atoms. The third-order valence-corrected chi connectivity index (χ3v) is 5.74. The van der Waals surface area contributed by atoms with Gasteiger partial charge in [0.15, 0.2) is 5.82 Å². The van der Waals surface area contributed by atoms with Gasteiger partial charge in [-0.15, -0.1) is 0 Å². The van der Waals surface area contributed by atoms with Gasteiger partial charge in [0.1, 0.15) is 0 Å². The van der Waals surface area contributed by atoms with Crippen LogP contribution in [0.2, 0.25) is 0 Å². The van der Waals surface area contributed by atoms with E-state index >= 15 is 0 Å². The fourth-order valence-corrected chi connectivity index (χ4v) is 3.84. The highest BCUT2D eigenvalue weighted by molar-refractivity contribution is 9.10. The molecule has 3 N–H and O–H groups in total. The molecule has 3 nitrogen and oxygen atoms in total. The van der Waals surface area contributed by atoms with E-state index in [4.69, 9.17) is 5.73 Å². The average molecular weight is 334 g/mol. The minimum Gasteiger partial charge on any atom is -0.382 e. The van der Waals surface area contributed by atoms with Crippen LogP contribution in [0.15, 0.2) is 28.7 Å². The van der Waals surface area contributed by atoms with Crippen LogP contribution in [-0.2, 0) is 0 Å². The second-order valence-electron chi connectivity index (χ2n) is 6.78. The highest BCUT2D eigenvalue weighted by Gasteiger charge is 2.66. The van der Waals surface area contributed by atoms with Crippen LogP contribution in [0.5, 0.6) is 0 Å². The largest absolute Gasteiger partial charge is 0.382 e. The minimum absolute atomic E-state index is 0.257. The fraction of sp³-hybridized carbons (Fsp3) is 0.438. The lowest BCUT2D eigenvalue weighted by Crippen LogP contribution is -1.95. The molecule has 1 fully saturated rings. The number of anilines is 1. The molecule has 1 aromatic heterocycles. The molecule has 3 rings (SSSR count). The molecule has 20 heavy (non-hydrogen) atoms. The third-order valence-electron chi connectivity index (χ3n) is 5.24. The molecule has 0 atom stereocenters. The third kappa shape index (κ3) is 1.74. The van der Waals surface area contributed by atoms with Gasteiger partial charge in [0, 0.05) is 21.6 Å². The Morgan fingerprint density at radius 2 is 1.85 bits per heavy atom. The van der Waals surface area contributed by atoms with Crippen molar-refractivity contribution in [3.05, 3.63) is 34.4 Å². The first-order valence-electron chi connectivity index (χ1n) is 6.86. The molecular weight excluding hydrogens is 314 g/mol. The van der Waals surface area contributed by atoms with Crippen LogP contribution in [0.3, 0.4) is 0 Å². The molecule has 4 heteroatoms. The molecule has 0 unspecified atom stereocenters. The van der Waals surface area contributed by atoms with Gasteiger partial charge in [0.05, 0.1) is 0 Å². The number of rotatable bonds is 2. The van der Waals surface area contributed by atoms with E-state index in [0.29, 0.717) is 11.7 Å². The Morgan fingerprint density at radius 3 is 2.40 bits per heavy atom. The number of benzene rings is 1. The number of aromatic nitrogens is 2. The Labute approximate surface area is 128 Å². The number of hydrogen-bond acceptors (Lipinski definition) is 2. The predicted octanol–water partition coefficient (Wildman–Crippen LogP) is 4.57. The molecule has 0 spiro atoms. The zero-order chi connectivity index (χ0) is 14.7. The number of halogens is 1. The highest BCUT2D eigenvalue weighted by atomic mass is 79.9. The standard InChI is InChI=1S/C16H20BrN3/c1-15(2)13(16(15,3)4)12-11(14(18)20-19-12)9-6-5-7-10(17)8-9/h5-8,13H,1-4H3,(H3,18,19,20). The van der Waals surface area contributed by atoms with Crippen molar-refractivity contribution >= 4 is 21.7 Å². The van der Waals surface area contributed by atoms with Gasteiger partial charge in [-0.3, -0.25) is 5.10 Å². The summed E-state index contributed by atoms with van der Waals surface area (Å²) in [6, 6.07) is 8.22. The normalized spacial score (nSPS) is 20.1. The maximum Gasteiger partial charge on any atom is 0.153 e. The molecule has 2 aromatic rings. The molecule has 1 aliphatic carbocycles. The molecule has 0 saturated heterocycles. The number of aromatic amines is 1. The number of nitrogens with zero attached hydrogens (tertiary/aromatic N) is 1. The summed E-state index contributed by atoms with van der Waals surface area (Å²) in [6.45, 7) is 9.22. The SMILES string of the molecule is CC1(C)C(c2[nH]nc(N)c2-c2cccc(Br)c2)C1(C)C. The monoisotopic (exact) mass is 333 g/mol. The van der Waals surface area contributed by atoms with Crippen molar-refractivity contribution in [2.24, 2.45) is 10.8 Å². The van der Waals surface area contributed by atoms with Crippen molar-refractivity contribution in [1.82, 2.24) is 10.2 Å². The van der Waals surface area contributed by atoms with Crippen molar-refractivity contribution < 1.29 is 0 Å². The van der Waals surface area contributed by atoms with Crippen LogP contribution in [0, 0.1) is 10.8 Å². The lowest BCUT2D eigenvalue weighted by Gasteiger charge is -2.06. The minimum atomic E-state index is 0.257. The summed E-state index contributed by atoms with van der Waals surface area (Å²) in [7, 11) is 0. The predicted molar refractivity (Wildman–Crippen MR) is 86.4 cm³/mol. The van der Waals surface area contributed by atoms with E-state index in [0.717, 1.165) is 21.3 Å². The van der Waals surface area contributed by atoms with Crippen molar-refractivity contribution in [3.8, 4) is 11.1 Å². The maximum atomic E-state index is 6.11. The van der Waals surface area contributed by atoms with E-state index in [-0.39, 0.29) is 10.8 Å². The molecule has 0 aliphatic heterocycles. The highest BCUT2D eigenvalue weighted by Crippen LogP contribution is 2.74.